The summed E-state index contributed by atoms with van der Waals surface area (Å²) in [6.45, 7) is 2.89. The van der Waals surface area contributed by atoms with Crippen LogP contribution in [-0.4, -0.2) is 53.7 Å². The van der Waals surface area contributed by atoms with Crippen LogP contribution >= 0.6 is 23.2 Å². The molecule has 3 rings (SSSR count). The molecule has 2 aromatic rings. The van der Waals surface area contributed by atoms with E-state index in [9.17, 15) is 14.4 Å². The molecule has 1 saturated heterocycles. The number of anilines is 1. The van der Waals surface area contributed by atoms with Gasteiger partial charge in [-0.05, 0) is 37.3 Å². The molecule has 1 aromatic heterocycles. The molecular weight excluding hydrogens is 393 g/mol. The summed E-state index contributed by atoms with van der Waals surface area (Å²) in [5.41, 5.74) is 0.268. The van der Waals surface area contributed by atoms with E-state index in [-0.39, 0.29) is 35.5 Å². The summed E-state index contributed by atoms with van der Waals surface area (Å²) in [6.07, 6.45) is 0. The normalized spacial score (nSPS) is 14.2. The second kappa shape index (κ2) is 8.02. The molecule has 2 heterocycles. The average Bonchev–Trinajstić information content (AvgIpc) is 3.10. The number of furan rings is 1. The minimum Gasteiger partial charge on any atom is -0.456 e. The van der Waals surface area contributed by atoms with Gasteiger partial charge >= 0.3 is 11.8 Å². The summed E-state index contributed by atoms with van der Waals surface area (Å²) in [6, 6.07) is 7.93. The van der Waals surface area contributed by atoms with Crippen LogP contribution in [0.1, 0.15) is 16.3 Å². The first-order valence-electron chi connectivity index (χ1n) is 8.26. The van der Waals surface area contributed by atoms with Crippen LogP contribution in [0.15, 0.2) is 34.7 Å². The molecule has 7 nitrogen and oxygen atoms in total. The maximum atomic E-state index is 12.4. The number of hydrogen-bond donors (Lipinski definition) is 1. The average molecular weight is 410 g/mol. The van der Waals surface area contributed by atoms with Gasteiger partial charge in [-0.25, -0.2) is 0 Å². The van der Waals surface area contributed by atoms with E-state index < -0.39 is 11.8 Å². The van der Waals surface area contributed by atoms with Gasteiger partial charge in [-0.3, -0.25) is 14.4 Å². The zero-order valence-electron chi connectivity index (χ0n) is 14.5. The van der Waals surface area contributed by atoms with Crippen molar-refractivity contribution in [2.75, 3.05) is 31.5 Å². The van der Waals surface area contributed by atoms with E-state index in [4.69, 9.17) is 27.6 Å². The van der Waals surface area contributed by atoms with Gasteiger partial charge in [0.05, 0.1) is 10.7 Å². The molecular formula is C18H17Cl2N3O4. The smallest absolute Gasteiger partial charge is 0.313 e. The summed E-state index contributed by atoms with van der Waals surface area (Å²) in [7, 11) is 0. The van der Waals surface area contributed by atoms with Crippen molar-refractivity contribution in [3.05, 3.63) is 51.9 Å². The maximum absolute atomic E-state index is 12.4. The highest BCUT2D eigenvalue weighted by atomic mass is 35.5. The SMILES string of the molecule is Cc1ccc(C(=O)N2CCN(C(=O)C(=O)Nc3cc(Cl)ccc3Cl)CC2)o1. The molecule has 0 spiro atoms. The third-order valence-corrected chi connectivity index (χ3v) is 4.74. The summed E-state index contributed by atoms with van der Waals surface area (Å²) < 4.78 is 5.34. The van der Waals surface area contributed by atoms with E-state index in [1.807, 2.05) is 0 Å². The van der Waals surface area contributed by atoms with Crippen LogP contribution in [0.4, 0.5) is 5.69 Å². The van der Waals surface area contributed by atoms with Crippen LogP contribution in [0.25, 0.3) is 0 Å². The summed E-state index contributed by atoms with van der Waals surface area (Å²) >= 11 is 11.9. The van der Waals surface area contributed by atoms with Crippen molar-refractivity contribution in [2.45, 2.75) is 6.92 Å². The van der Waals surface area contributed by atoms with Crippen molar-refractivity contribution in [3.8, 4) is 0 Å². The first kappa shape index (κ1) is 19.3. The Labute approximate surface area is 165 Å². The number of carbonyl (C=O) groups is 3. The van der Waals surface area contributed by atoms with E-state index >= 15 is 0 Å². The fourth-order valence-electron chi connectivity index (χ4n) is 2.73. The van der Waals surface area contributed by atoms with Gasteiger partial charge < -0.3 is 19.5 Å². The number of rotatable bonds is 2. The topological polar surface area (TPSA) is 82.9 Å². The third-order valence-electron chi connectivity index (χ3n) is 4.18. The van der Waals surface area contributed by atoms with Crippen LogP contribution in [-0.2, 0) is 9.59 Å². The number of nitrogens with zero attached hydrogens (tertiary/aromatic N) is 2. The van der Waals surface area contributed by atoms with E-state index in [1.165, 1.54) is 17.0 Å². The van der Waals surface area contributed by atoms with Crippen LogP contribution in [0.5, 0.6) is 0 Å². The second-order valence-electron chi connectivity index (χ2n) is 6.07. The molecule has 27 heavy (non-hydrogen) atoms. The molecule has 9 heteroatoms. The first-order valence-corrected chi connectivity index (χ1v) is 9.02. The molecule has 0 atom stereocenters. The maximum Gasteiger partial charge on any atom is 0.313 e. The van der Waals surface area contributed by atoms with E-state index in [0.717, 1.165) is 0 Å². The fourth-order valence-corrected chi connectivity index (χ4v) is 3.07. The standard InChI is InChI=1S/C18H17Cl2N3O4/c1-11-2-5-15(27-11)17(25)22-6-8-23(9-7-22)18(26)16(24)21-14-10-12(19)3-4-13(14)20/h2-5,10H,6-9H2,1H3,(H,21,24). The Balaban J connectivity index is 1.57. The van der Waals surface area contributed by atoms with E-state index in [1.54, 1.807) is 30.0 Å². The molecule has 142 valence electrons. The van der Waals surface area contributed by atoms with Crippen molar-refractivity contribution in [1.29, 1.82) is 0 Å². The van der Waals surface area contributed by atoms with Crippen molar-refractivity contribution < 1.29 is 18.8 Å². The summed E-state index contributed by atoms with van der Waals surface area (Å²) in [5.74, 6) is -0.804. The highest BCUT2D eigenvalue weighted by Gasteiger charge is 2.29. The Kier molecular flexibility index (Phi) is 5.72. The second-order valence-corrected chi connectivity index (χ2v) is 6.92. The van der Waals surface area contributed by atoms with Gasteiger partial charge in [-0.15, -0.1) is 0 Å². The number of halogens is 2. The Morgan fingerprint density at radius 1 is 1.00 bits per heavy atom. The van der Waals surface area contributed by atoms with Gasteiger partial charge in [0.2, 0.25) is 0 Å². The summed E-state index contributed by atoms with van der Waals surface area (Å²) in [5, 5.41) is 3.14. The van der Waals surface area contributed by atoms with E-state index in [0.29, 0.717) is 23.9 Å². The molecule has 1 aliphatic rings. The number of hydrogen-bond acceptors (Lipinski definition) is 4. The monoisotopic (exact) mass is 409 g/mol. The van der Waals surface area contributed by atoms with Crippen LogP contribution in [0.2, 0.25) is 10.0 Å². The Bertz CT molecular complexity index is 888. The minimum atomic E-state index is -0.805. The molecule has 0 unspecified atom stereocenters. The molecule has 0 radical (unpaired) electrons. The van der Waals surface area contributed by atoms with Crippen LogP contribution in [0, 0.1) is 6.92 Å². The van der Waals surface area contributed by atoms with Crippen molar-refractivity contribution in [1.82, 2.24) is 9.80 Å². The van der Waals surface area contributed by atoms with Gasteiger partial charge in [-0.2, -0.15) is 0 Å². The number of piperazine rings is 1. The lowest BCUT2D eigenvalue weighted by Gasteiger charge is -2.33. The Hall–Kier alpha value is -2.51. The van der Waals surface area contributed by atoms with Crippen molar-refractivity contribution in [2.24, 2.45) is 0 Å². The van der Waals surface area contributed by atoms with Gasteiger partial charge in [0.1, 0.15) is 5.76 Å². The highest BCUT2D eigenvalue weighted by molar-refractivity contribution is 6.42. The molecule has 1 aromatic carbocycles. The van der Waals surface area contributed by atoms with Gasteiger partial charge in [0.15, 0.2) is 5.76 Å². The lowest BCUT2D eigenvalue weighted by atomic mass is 10.2. The molecule has 0 bridgehead atoms. The fraction of sp³-hybridized carbons (Fsp3) is 0.278. The predicted octanol–water partition coefficient (Wildman–Crippen LogP) is 2.82. The van der Waals surface area contributed by atoms with Gasteiger partial charge in [0.25, 0.3) is 5.91 Å². The lowest BCUT2D eigenvalue weighted by molar-refractivity contribution is -0.144. The van der Waals surface area contributed by atoms with Crippen molar-refractivity contribution >= 4 is 46.6 Å². The largest absolute Gasteiger partial charge is 0.456 e. The number of benzene rings is 1. The Morgan fingerprint density at radius 3 is 2.30 bits per heavy atom. The van der Waals surface area contributed by atoms with Crippen LogP contribution < -0.4 is 5.32 Å². The lowest BCUT2D eigenvalue weighted by Crippen LogP contribution is -2.53. The van der Waals surface area contributed by atoms with Crippen LogP contribution in [0.3, 0.4) is 0 Å². The predicted molar refractivity (Wildman–Crippen MR) is 101 cm³/mol. The van der Waals surface area contributed by atoms with Gasteiger partial charge in [0, 0.05) is 31.2 Å². The highest BCUT2D eigenvalue weighted by Crippen LogP contribution is 2.25. The van der Waals surface area contributed by atoms with Crippen molar-refractivity contribution in [3.63, 3.8) is 0 Å². The third kappa shape index (κ3) is 4.43. The van der Waals surface area contributed by atoms with E-state index in [2.05, 4.69) is 5.32 Å². The first-order chi connectivity index (χ1) is 12.8. The number of aryl methyl sites for hydroxylation is 1. The molecule has 0 aliphatic carbocycles. The zero-order valence-corrected chi connectivity index (χ0v) is 16.0. The number of nitrogens with one attached hydrogen (secondary N) is 1. The Morgan fingerprint density at radius 2 is 1.67 bits per heavy atom. The number of carbonyl (C=O) groups excluding carboxylic acids is 3. The molecule has 0 saturated carbocycles. The summed E-state index contributed by atoms with van der Waals surface area (Å²) in [4.78, 5) is 39.9. The number of amides is 3. The zero-order chi connectivity index (χ0) is 19.6. The molecule has 1 fully saturated rings. The minimum absolute atomic E-state index is 0.231. The molecule has 1 N–H and O–H groups in total. The quantitative estimate of drug-likeness (QED) is 0.772. The molecule has 1 aliphatic heterocycles. The molecule has 3 amide bonds. The van der Waals surface area contributed by atoms with Gasteiger partial charge in [-0.1, -0.05) is 23.2 Å².